The van der Waals surface area contributed by atoms with Gasteiger partial charge in [0.1, 0.15) is 0 Å². The summed E-state index contributed by atoms with van der Waals surface area (Å²) >= 11 is 5.93. The second kappa shape index (κ2) is 8.61. The van der Waals surface area contributed by atoms with Crippen LogP contribution >= 0.6 is 11.6 Å². The third-order valence-electron chi connectivity index (χ3n) is 4.60. The van der Waals surface area contributed by atoms with Crippen molar-refractivity contribution in [3.8, 4) is 11.4 Å². The van der Waals surface area contributed by atoms with Gasteiger partial charge in [-0.3, -0.25) is 9.88 Å². The minimum absolute atomic E-state index is 0.206. The van der Waals surface area contributed by atoms with Crippen LogP contribution < -0.4 is 0 Å². The lowest BCUT2D eigenvalue weighted by Gasteiger charge is -2.31. The molecular formula is C20H21ClN4O2. The lowest BCUT2D eigenvalue weighted by molar-refractivity contribution is -0.0142. The summed E-state index contributed by atoms with van der Waals surface area (Å²) in [6.45, 7) is 3.09. The van der Waals surface area contributed by atoms with Gasteiger partial charge in [0, 0.05) is 29.5 Å². The van der Waals surface area contributed by atoms with Crippen LogP contribution in [0.1, 0.15) is 24.3 Å². The summed E-state index contributed by atoms with van der Waals surface area (Å²) < 4.78 is 11.5. The number of nitrogens with zero attached hydrogens (tertiary/aromatic N) is 4. The Kier molecular flexibility index (Phi) is 5.77. The van der Waals surface area contributed by atoms with Gasteiger partial charge in [-0.2, -0.15) is 4.98 Å². The standard InChI is InChI=1S/C20H21ClN4O2/c21-17-7-5-16(6-8-17)20-23-19(27-24-20)13-25-10-2-4-18(12-25)26-14-15-3-1-9-22-11-15/h1,3,5-9,11,18H,2,4,10,12-14H2/t18-/m1/s1. The Hall–Kier alpha value is -2.28. The highest BCUT2D eigenvalue weighted by Crippen LogP contribution is 2.21. The van der Waals surface area contributed by atoms with Gasteiger partial charge in [0.2, 0.25) is 11.7 Å². The number of rotatable bonds is 6. The van der Waals surface area contributed by atoms with Crippen molar-refractivity contribution in [1.82, 2.24) is 20.0 Å². The number of halogens is 1. The lowest BCUT2D eigenvalue weighted by atomic mass is 10.1. The molecule has 0 radical (unpaired) electrons. The first-order valence-electron chi connectivity index (χ1n) is 9.07. The molecule has 0 bridgehead atoms. The van der Waals surface area contributed by atoms with Gasteiger partial charge >= 0.3 is 0 Å². The van der Waals surface area contributed by atoms with Gasteiger partial charge in [0.15, 0.2) is 0 Å². The van der Waals surface area contributed by atoms with Crippen LogP contribution in [0.4, 0.5) is 0 Å². The number of benzene rings is 1. The van der Waals surface area contributed by atoms with Crippen LogP contribution in [0, 0.1) is 0 Å². The highest BCUT2D eigenvalue weighted by Gasteiger charge is 2.22. The topological polar surface area (TPSA) is 64.3 Å². The summed E-state index contributed by atoms with van der Waals surface area (Å²) in [5.41, 5.74) is 1.99. The molecule has 4 rings (SSSR count). The number of pyridine rings is 1. The Morgan fingerprint density at radius 1 is 1.22 bits per heavy atom. The van der Waals surface area contributed by atoms with Crippen LogP contribution in [0.2, 0.25) is 5.02 Å². The third kappa shape index (κ3) is 4.91. The Morgan fingerprint density at radius 3 is 2.93 bits per heavy atom. The maximum absolute atomic E-state index is 6.06. The summed E-state index contributed by atoms with van der Waals surface area (Å²) in [7, 11) is 0. The van der Waals surface area contributed by atoms with E-state index in [1.165, 1.54) is 0 Å². The number of hydrogen-bond acceptors (Lipinski definition) is 6. The normalized spacial score (nSPS) is 17.9. The minimum Gasteiger partial charge on any atom is -0.372 e. The summed E-state index contributed by atoms with van der Waals surface area (Å²) in [4.78, 5) is 10.9. The molecule has 2 aromatic heterocycles. The molecule has 1 aromatic carbocycles. The average molecular weight is 385 g/mol. The molecule has 140 valence electrons. The molecule has 1 atom stereocenters. The van der Waals surface area contributed by atoms with Crippen LogP contribution in [-0.2, 0) is 17.9 Å². The second-order valence-corrected chi connectivity index (χ2v) is 7.13. The minimum atomic E-state index is 0.206. The predicted octanol–water partition coefficient (Wildman–Crippen LogP) is 3.97. The van der Waals surface area contributed by atoms with Crippen molar-refractivity contribution < 1.29 is 9.26 Å². The zero-order valence-corrected chi connectivity index (χ0v) is 15.7. The first-order valence-corrected chi connectivity index (χ1v) is 9.45. The number of likely N-dealkylation sites (tertiary alicyclic amines) is 1. The number of ether oxygens (including phenoxy) is 1. The fourth-order valence-electron chi connectivity index (χ4n) is 3.22. The van der Waals surface area contributed by atoms with Crippen LogP contribution in [0.5, 0.6) is 0 Å². The monoisotopic (exact) mass is 384 g/mol. The molecule has 3 heterocycles. The van der Waals surface area contributed by atoms with E-state index < -0.39 is 0 Å². The van der Waals surface area contributed by atoms with Crippen molar-refractivity contribution in [3.63, 3.8) is 0 Å². The molecule has 0 unspecified atom stereocenters. The smallest absolute Gasteiger partial charge is 0.241 e. The summed E-state index contributed by atoms with van der Waals surface area (Å²) in [6.07, 6.45) is 5.98. The SMILES string of the molecule is Clc1ccc(-c2noc(CN3CCC[C@@H](OCc4cccnc4)C3)n2)cc1. The Morgan fingerprint density at radius 2 is 2.11 bits per heavy atom. The maximum atomic E-state index is 6.06. The van der Waals surface area contributed by atoms with Gasteiger partial charge in [-0.05, 0) is 55.3 Å². The van der Waals surface area contributed by atoms with Gasteiger partial charge in [0.25, 0.3) is 0 Å². The molecule has 0 aliphatic carbocycles. The van der Waals surface area contributed by atoms with E-state index in [9.17, 15) is 0 Å². The Bertz CT molecular complexity index is 854. The van der Waals surface area contributed by atoms with Crippen molar-refractivity contribution >= 4 is 11.6 Å². The van der Waals surface area contributed by atoms with E-state index in [-0.39, 0.29) is 6.10 Å². The quantitative estimate of drug-likeness (QED) is 0.640. The first kappa shape index (κ1) is 18.1. The van der Waals surface area contributed by atoms with Crippen molar-refractivity contribution in [2.45, 2.75) is 32.1 Å². The second-order valence-electron chi connectivity index (χ2n) is 6.69. The molecule has 0 saturated carbocycles. The molecule has 27 heavy (non-hydrogen) atoms. The van der Waals surface area contributed by atoms with Crippen LogP contribution in [0.3, 0.4) is 0 Å². The van der Waals surface area contributed by atoms with Crippen molar-refractivity contribution in [1.29, 1.82) is 0 Å². The fourth-order valence-corrected chi connectivity index (χ4v) is 3.34. The molecule has 1 aliphatic rings. The van der Waals surface area contributed by atoms with Gasteiger partial charge in [-0.25, -0.2) is 0 Å². The highest BCUT2D eigenvalue weighted by molar-refractivity contribution is 6.30. The van der Waals surface area contributed by atoms with Gasteiger partial charge < -0.3 is 9.26 Å². The molecule has 1 aliphatic heterocycles. The Balaban J connectivity index is 1.32. The zero-order chi connectivity index (χ0) is 18.5. The van der Waals surface area contributed by atoms with Crippen LogP contribution in [-0.4, -0.2) is 39.2 Å². The molecule has 0 N–H and O–H groups in total. The van der Waals surface area contributed by atoms with E-state index in [2.05, 4.69) is 20.0 Å². The van der Waals surface area contributed by atoms with Gasteiger partial charge in [-0.15, -0.1) is 0 Å². The lowest BCUT2D eigenvalue weighted by Crippen LogP contribution is -2.39. The van der Waals surface area contributed by atoms with Crippen molar-refractivity contribution in [2.24, 2.45) is 0 Å². The largest absolute Gasteiger partial charge is 0.372 e. The van der Waals surface area contributed by atoms with E-state index in [0.29, 0.717) is 29.9 Å². The van der Waals surface area contributed by atoms with E-state index >= 15 is 0 Å². The average Bonchev–Trinajstić information content (AvgIpc) is 3.16. The first-order chi connectivity index (χ1) is 13.3. The van der Waals surface area contributed by atoms with E-state index in [1.54, 1.807) is 6.20 Å². The van der Waals surface area contributed by atoms with Crippen LogP contribution in [0.25, 0.3) is 11.4 Å². The molecule has 0 spiro atoms. The number of aromatic nitrogens is 3. The molecule has 3 aromatic rings. The van der Waals surface area contributed by atoms with E-state index in [1.807, 2.05) is 42.6 Å². The summed E-state index contributed by atoms with van der Waals surface area (Å²) in [5, 5.41) is 4.77. The number of hydrogen-bond donors (Lipinski definition) is 0. The van der Waals surface area contributed by atoms with Crippen molar-refractivity contribution in [2.75, 3.05) is 13.1 Å². The fraction of sp³-hybridized carbons (Fsp3) is 0.350. The van der Waals surface area contributed by atoms with E-state index in [0.717, 1.165) is 37.1 Å². The van der Waals surface area contributed by atoms with Gasteiger partial charge in [-0.1, -0.05) is 22.8 Å². The highest BCUT2D eigenvalue weighted by atomic mass is 35.5. The Labute approximate surface area is 163 Å². The van der Waals surface area contributed by atoms with Crippen molar-refractivity contribution in [3.05, 3.63) is 65.3 Å². The molecular weight excluding hydrogens is 364 g/mol. The predicted molar refractivity (Wildman–Crippen MR) is 102 cm³/mol. The molecule has 1 fully saturated rings. The number of piperidine rings is 1. The molecule has 6 nitrogen and oxygen atoms in total. The summed E-state index contributed by atoms with van der Waals surface area (Å²) in [6, 6.07) is 11.4. The zero-order valence-electron chi connectivity index (χ0n) is 14.9. The van der Waals surface area contributed by atoms with E-state index in [4.69, 9.17) is 20.9 Å². The maximum Gasteiger partial charge on any atom is 0.241 e. The molecule has 7 heteroatoms. The molecule has 0 amide bonds. The van der Waals surface area contributed by atoms with Gasteiger partial charge in [0.05, 0.1) is 19.3 Å². The third-order valence-corrected chi connectivity index (χ3v) is 4.85. The van der Waals surface area contributed by atoms with Crippen LogP contribution in [0.15, 0.2) is 53.3 Å². The molecule has 1 saturated heterocycles. The summed E-state index contributed by atoms with van der Waals surface area (Å²) in [5.74, 6) is 1.20.